The average molecular weight is 1610 g/mol. The van der Waals surface area contributed by atoms with Crippen molar-refractivity contribution in [2.75, 3.05) is 0 Å². The van der Waals surface area contributed by atoms with Crippen LogP contribution in [0.1, 0.15) is 6.85 Å². The maximum atomic E-state index is 8.29. The van der Waals surface area contributed by atoms with Crippen molar-refractivity contribution in [3.8, 4) is 113 Å². The van der Waals surface area contributed by atoms with Crippen LogP contribution in [0.15, 0.2) is 358 Å². The number of rotatable bonds is 10. The molecule has 10 aromatic carbocycles. The second kappa shape index (κ2) is 32.0. The van der Waals surface area contributed by atoms with Gasteiger partial charge in [0.1, 0.15) is 0 Å². The zero-order valence-corrected chi connectivity index (χ0v) is 61.2. The quantitative estimate of drug-likeness (QED) is 0.128. The molecule has 0 atom stereocenters. The minimum atomic E-state index is -0.441. The van der Waals surface area contributed by atoms with Gasteiger partial charge < -0.3 is 0 Å². The van der Waals surface area contributed by atoms with E-state index in [4.69, 9.17) is 26.8 Å². The highest BCUT2D eigenvalue weighted by Crippen LogP contribution is 2.36. The number of fused-ring (bicyclic) bond motifs is 4. The topological polar surface area (TPSA) is 155 Å². The van der Waals surface area contributed by atoms with Crippen molar-refractivity contribution in [1.29, 1.82) is 0 Å². The molecule has 18 aromatic rings. The van der Waals surface area contributed by atoms with Crippen LogP contribution in [-0.4, -0.2) is 59.8 Å². The highest BCUT2D eigenvalue weighted by atomic mass is 79.9. The highest BCUT2D eigenvalue weighted by molar-refractivity contribution is 9.11. The summed E-state index contributed by atoms with van der Waals surface area (Å²) in [5.74, 6) is 2.39. The molecule has 0 N–H and O–H groups in total. The van der Waals surface area contributed by atoms with Gasteiger partial charge in [-0.2, -0.15) is 0 Å². The lowest BCUT2D eigenvalue weighted by atomic mass is 10.0. The van der Waals surface area contributed by atoms with E-state index >= 15 is 0 Å². The lowest BCUT2D eigenvalue weighted by Crippen LogP contribution is -1.96. The van der Waals surface area contributed by atoms with E-state index in [1.165, 1.54) is 16.7 Å². The molecule has 0 aliphatic heterocycles. The molecule has 0 saturated heterocycles. The standard InChI is InChI=1S/2C25H16BrN3.2C19H12BrN3/c26-21-13-11-18(12-14-21)24-28-23(22-10-5-15-27-25(22)29-24)20-9-4-8-19(16-20)17-6-2-1-3-7-17;26-21-14-12-20(13-15-21)24-28-23(22-7-4-16-27-25(22)29-24)19-10-8-18(9-11-19)17-5-2-1-3-6-17;2*20-15-10-8-14(9-11-15)18-22-17(13-5-2-1-3-6-13)16-7-4-12-21-19(16)23-18/h2*1-16H;2*1-12H/i;;1D,2D,3D,5D,6D;. The van der Waals surface area contributed by atoms with Gasteiger partial charge in [-0.05, 0) is 125 Å². The summed E-state index contributed by atoms with van der Waals surface area (Å²) in [6, 6.07) is 92.6. The molecule has 0 saturated carbocycles. The molecule has 18 rings (SSSR count). The second-order valence-electron chi connectivity index (χ2n) is 23.4. The first-order valence-electron chi connectivity index (χ1n) is 35.2. The van der Waals surface area contributed by atoms with Crippen LogP contribution < -0.4 is 0 Å². The number of hydrogen-bond donors (Lipinski definition) is 0. The van der Waals surface area contributed by atoms with Crippen LogP contribution >= 0.6 is 63.7 Å². The van der Waals surface area contributed by atoms with Crippen molar-refractivity contribution >= 4 is 108 Å². The summed E-state index contributed by atoms with van der Waals surface area (Å²) < 4.78 is 44.3. The number of pyridine rings is 4. The average Bonchev–Trinajstić information content (AvgIpc) is 0.738. The largest absolute Gasteiger partial charge is 0.236 e. The third-order valence-electron chi connectivity index (χ3n) is 16.6. The molecule has 0 unspecified atom stereocenters. The number of hydrogen-bond acceptors (Lipinski definition) is 12. The molecule has 0 aliphatic carbocycles. The molecule has 0 spiro atoms. The van der Waals surface area contributed by atoms with Gasteiger partial charge in [0, 0.05) is 109 Å². The van der Waals surface area contributed by atoms with Crippen LogP contribution in [0.5, 0.6) is 0 Å². The molecule has 0 amide bonds. The van der Waals surface area contributed by atoms with Crippen molar-refractivity contribution in [2.45, 2.75) is 0 Å². The zero-order chi connectivity index (χ0) is 74.9. The summed E-state index contributed by atoms with van der Waals surface area (Å²) in [5.41, 5.74) is 16.9. The molecular formula is C88H56Br4N12. The fourth-order valence-corrected chi connectivity index (χ4v) is 12.6. The van der Waals surface area contributed by atoms with Gasteiger partial charge in [-0.25, -0.2) is 59.8 Å². The molecule has 104 heavy (non-hydrogen) atoms. The van der Waals surface area contributed by atoms with Gasteiger partial charge in [0.05, 0.1) is 29.6 Å². The van der Waals surface area contributed by atoms with Crippen LogP contribution in [0.25, 0.3) is 157 Å². The highest BCUT2D eigenvalue weighted by Gasteiger charge is 2.18. The van der Waals surface area contributed by atoms with Crippen molar-refractivity contribution in [3.05, 3.63) is 358 Å². The van der Waals surface area contributed by atoms with E-state index in [1.54, 1.807) is 36.9 Å². The molecule has 0 radical (unpaired) electrons. The molecule has 0 bridgehead atoms. The number of halogens is 4. The Bertz CT molecular complexity index is 6300. The van der Waals surface area contributed by atoms with Gasteiger partial charge in [-0.3, -0.25) is 0 Å². The van der Waals surface area contributed by atoms with Crippen molar-refractivity contribution in [2.24, 2.45) is 0 Å². The third-order valence-corrected chi connectivity index (χ3v) is 18.7. The van der Waals surface area contributed by atoms with Gasteiger partial charge in [0.25, 0.3) is 0 Å². The molecular weight excluding hydrogens is 1540 g/mol. The van der Waals surface area contributed by atoms with Crippen molar-refractivity contribution < 1.29 is 6.85 Å². The Morgan fingerprint density at radius 2 is 0.462 bits per heavy atom. The Kier molecular flexibility index (Phi) is 19.0. The Hall–Kier alpha value is -11.9. The van der Waals surface area contributed by atoms with Crippen LogP contribution in [0, 0.1) is 0 Å². The van der Waals surface area contributed by atoms with E-state index < -0.39 is 18.1 Å². The smallest absolute Gasteiger partial charge is 0.163 e. The van der Waals surface area contributed by atoms with Crippen molar-refractivity contribution in [3.63, 3.8) is 0 Å². The lowest BCUT2D eigenvalue weighted by molar-refractivity contribution is 1.19. The first-order chi connectivity index (χ1) is 53.2. The summed E-state index contributed by atoms with van der Waals surface area (Å²) in [7, 11) is 0. The summed E-state index contributed by atoms with van der Waals surface area (Å²) in [4.78, 5) is 55.4. The predicted octanol–water partition coefficient (Wildman–Crippen LogP) is 23.8. The first-order valence-corrected chi connectivity index (χ1v) is 35.9. The molecule has 0 aliphatic rings. The van der Waals surface area contributed by atoms with Crippen LogP contribution in [0.2, 0.25) is 0 Å². The van der Waals surface area contributed by atoms with Gasteiger partial charge in [0.2, 0.25) is 0 Å². The Morgan fingerprint density at radius 3 is 0.817 bits per heavy atom. The zero-order valence-electron chi connectivity index (χ0n) is 59.8. The minimum absolute atomic E-state index is 0.0322. The van der Waals surface area contributed by atoms with Gasteiger partial charge in [-0.15, -0.1) is 0 Å². The predicted molar refractivity (Wildman–Crippen MR) is 434 cm³/mol. The van der Waals surface area contributed by atoms with Crippen molar-refractivity contribution in [1.82, 2.24) is 59.8 Å². The SMILES string of the molecule is Brc1ccc(-c2nc(-c3ccc(-c4ccccc4)cc3)c3cccnc3n2)cc1.Brc1ccc(-c2nc(-c3cccc(-c4ccccc4)c3)c3cccnc3n2)cc1.Brc1ccc(-c2nc(-c3ccccc3)c3cccnc3n2)cc1.[2H]c1c([2H])c([2H])c(-c2nc(-c3ccc(Br)cc3)nc3ncccc23)c([2H])c1[2H]. The van der Waals surface area contributed by atoms with E-state index in [0.29, 0.717) is 51.3 Å². The minimum Gasteiger partial charge on any atom is -0.236 e. The van der Waals surface area contributed by atoms with E-state index in [9.17, 15) is 0 Å². The molecule has 16 heteroatoms. The van der Waals surface area contributed by atoms with Crippen LogP contribution in [0.4, 0.5) is 0 Å². The number of benzene rings is 10. The summed E-state index contributed by atoms with van der Waals surface area (Å²) in [6.07, 6.45) is 6.88. The first kappa shape index (κ1) is 61.9. The monoisotopic (exact) mass is 1600 g/mol. The second-order valence-corrected chi connectivity index (χ2v) is 27.0. The summed E-state index contributed by atoms with van der Waals surface area (Å²) in [5, 5.41) is 3.36. The molecule has 8 heterocycles. The number of nitrogens with zero attached hydrogens (tertiary/aromatic N) is 12. The van der Waals surface area contributed by atoms with E-state index in [-0.39, 0.29) is 23.3 Å². The maximum Gasteiger partial charge on any atom is 0.163 e. The Morgan fingerprint density at radius 1 is 0.202 bits per heavy atom. The van der Waals surface area contributed by atoms with Crippen LogP contribution in [-0.2, 0) is 0 Å². The van der Waals surface area contributed by atoms with Crippen LogP contribution in [0.3, 0.4) is 0 Å². The third kappa shape index (κ3) is 15.9. The number of aromatic nitrogens is 12. The van der Waals surface area contributed by atoms with Gasteiger partial charge in [-0.1, -0.05) is 276 Å². The van der Waals surface area contributed by atoms with E-state index in [0.717, 1.165) is 95.6 Å². The lowest BCUT2D eigenvalue weighted by Gasteiger charge is -2.10. The van der Waals surface area contributed by atoms with Gasteiger partial charge >= 0.3 is 0 Å². The summed E-state index contributed by atoms with van der Waals surface area (Å²) >= 11 is 13.8. The fraction of sp³-hybridized carbons (Fsp3) is 0. The van der Waals surface area contributed by atoms with E-state index in [2.05, 4.69) is 213 Å². The maximum absolute atomic E-state index is 8.29. The molecule has 496 valence electrons. The molecule has 12 nitrogen and oxygen atoms in total. The summed E-state index contributed by atoms with van der Waals surface area (Å²) in [6.45, 7) is 0. The fourth-order valence-electron chi connectivity index (χ4n) is 11.5. The molecule has 0 fully saturated rings. The van der Waals surface area contributed by atoms with E-state index in [1.807, 2.05) is 164 Å². The normalized spacial score (nSPS) is 11.6. The molecule has 8 aromatic heterocycles. The Labute approximate surface area is 640 Å². The van der Waals surface area contributed by atoms with Gasteiger partial charge in [0.15, 0.2) is 45.9 Å². The Balaban J connectivity index is 0.000000116.